The Hall–Kier alpha value is -3.75. The number of aliphatic hydroxyl groups excluding tert-OH is 1. The SMILES string of the molecule is COCCNC(=O)c1cc(CO)ccc1O[C@@H]1O[C@H](C(=O)OC)[C@@H](OC(C)=O)[C@H](OC(C)=O)[C@H]1OC(C)=O. The highest BCUT2D eigenvalue weighted by molar-refractivity contribution is 5.97. The molecule has 1 aromatic rings. The van der Waals surface area contributed by atoms with Crippen LogP contribution in [-0.4, -0.2) is 93.0 Å². The van der Waals surface area contributed by atoms with Crippen LogP contribution in [0.2, 0.25) is 0 Å². The molecule has 0 bridgehead atoms. The number of hydrogen-bond donors (Lipinski definition) is 2. The molecule has 38 heavy (non-hydrogen) atoms. The summed E-state index contributed by atoms with van der Waals surface area (Å²) in [5, 5.41) is 12.2. The number of carbonyl (C=O) groups excluding carboxylic acids is 5. The van der Waals surface area contributed by atoms with Gasteiger partial charge in [0.25, 0.3) is 5.91 Å². The maximum Gasteiger partial charge on any atom is 0.339 e. The van der Waals surface area contributed by atoms with E-state index in [-0.39, 0.29) is 31.1 Å². The first-order chi connectivity index (χ1) is 18.0. The smallest absolute Gasteiger partial charge is 0.339 e. The Kier molecular flexibility index (Phi) is 11.4. The Bertz CT molecular complexity index is 1030. The molecule has 0 unspecified atom stereocenters. The molecule has 210 valence electrons. The zero-order valence-electron chi connectivity index (χ0n) is 21.6. The van der Waals surface area contributed by atoms with Gasteiger partial charge in [-0.15, -0.1) is 0 Å². The first-order valence-corrected chi connectivity index (χ1v) is 11.4. The lowest BCUT2D eigenvalue weighted by Gasteiger charge is -2.43. The molecular formula is C24H31NO13. The Morgan fingerprint density at radius 2 is 1.53 bits per heavy atom. The van der Waals surface area contributed by atoms with Crippen molar-refractivity contribution in [3.8, 4) is 5.75 Å². The van der Waals surface area contributed by atoms with Crippen LogP contribution in [0.5, 0.6) is 5.75 Å². The van der Waals surface area contributed by atoms with Crippen LogP contribution in [0.15, 0.2) is 18.2 Å². The van der Waals surface area contributed by atoms with Gasteiger partial charge in [0.05, 0.1) is 25.9 Å². The van der Waals surface area contributed by atoms with Crippen LogP contribution in [0.4, 0.5) is 0 Å². The van der Waals surface area contributed by atoms with Crippen molar-refractivity contribution in [2.24, 2.45) is 0 Å². The van der Waals surface area contributed by atoms with E-state index >= 15 is 0 Å². The number of aliphatic hydroxyl groups is 1. The maximum absolute atomic E-state index is 12.9. The summed E-state index contributed by atoms with van der Waals surface area (Å²) in [5.74, 6) is -4.22. The van der Waals surface area contributed by atoms with Crippen molar-refractivity contribution in [1.82, 2.24) is 5.32 Å². The molecule has 5 atom stereocenters. The lowest BCUT2D eigenvalue weighted by Crippen LogP contribution is -2.64. The number of methoxy groups -OCH3 is 2. The van der Waals surface area contributed by atoms with Crippen molar-refractivity contribution in [3.05, 3.63) is 29.3 Å². The van der Waals surface area contributed by atoms with Gasteiger partial charge in [-0.3, -0.25) is 19.2 Å². The minimum Gasteiger partial charge on any atom is -0.467 e. The molecule has 1 amide bonds. The summed E-state index contributed by atoms with van der Waals surface area (Å²) in [6, 6.07) is 4.19. The molecule has 1 aliphatic heterocycles. The van der Waals surface area contributed by atoms with Crippen molar-refractivity contribution in [3.63, 3.8) is 0 Å². The maximum atomic E-state index is 12.9. The third-order valence-electron chi connectivity index (χ3n) is 5.14. The number of benzene rings is 1. The van der Waals surface area contributed by atoms with E-state index in [2.05, 4.69) is 5.32 Å². The lowest BCUT2D eigenvalue weighted by atomic mass is 9.97. The van der Waals surface area contributed by atoms with Gasteiger partial charge in [0.15, 0.2) is 18.3 Å². The van der Waals surface area contributed by atoms with Gasteiger partial charge in [-0.1, -0.05) is 6.07 Å². The molecule has 0 radical (unpaired) electrons. The molecule has 1 fully saturated rings. The average Bonchev–Trinajstić information content (AvgIpc) is 2.86. The Balaban J connectivity index is 2.56. The Morgan fingerprint density at radius 3 is 2.08 bits per heavy atom. The number of amides is 1. The molecular weight excluding hydrogens is 510 g/mol. The molecule has 1 saturated heterocycles. The average molecular weight is 542 g/mol. The summed E-state index contributed by atoms with van der Waals surface area (Å²) < 4.78 is 37.1. The van der Waals surface area contributed by atoms with Gasteiger partial charge < -0.3 is 43.6 Å². The van der Waals surface area contributed by atoms with E-state index in [0.29, 0.717) is 5.56 Å². The first kappa shape index (κ1) is 30.5. The largest absolute Gasteiger partial charge is 0.467 e. The molecule has 14 nitrogen and oxygen atoms in total. The molecule has 14 heteroatoms. The highest BCUT2D eigenvalue weighted by atomic mass is 16.7. The predicted molar refractivity (Wildman–Crippen MR) is 125 cm³/mol. The van der Waals surface area contributed by atoms with Crippen molar-refractivity contribution < 1.29 is 62.2 Å². The number of rotatable bonds is 11. The fourth-order valence-electron chi connectivity index (χ4n) is 3.62. The minimum absolute atomic E-state index is 0.0291. The Labute approximate surface area is 218 Å². The number of nitrogens with one attached hydrogen (secondary N) is 1. The van der Waals surface area contributed by atoms with Gasteiger partial charge >= 0.3 is 23.9 Å². The standard InChI is InChI=1S/C24H31NO13/c1-12(27)34-18-19(35-13(2)28)21(36-14(3)29)24(38-20(18)23(31)33-5)37-17-7-6-15(11-26)10-16(17)22(30)25-8-9-32-4/h6-7,10,18-21,24,26H,8-9,11H2,1-5H3,(H,25,30)/t18-,19-,20-,21+,24+/m0/s1. The van der Waals surface area contributed by atoms with Crippen LogP contribution in [0, 0.1) is 0 Å². The van der Waals surface area contributed by atoms with E-state index in [4.69, 9.17) is 33.2 Å². The predicted octanol–water partition coefficient (Wildman–Crippen LogP) is -0.373. The molecule has 0 aliphatic carbocycles. The van der Waals surface area contributed by atoms with Gasteiger partial charge in [-0.25, -0.2) is 4.79 Å². The molecule has 0 saturated carbocycles. The molecule has 2 rings (SSSR count). The second-order valence-electron chi connectivity index (χ2n) is 8.03. The van der Waals surface area contributed by atoms with Crippen LogP contribution in [0.3, 0.4) is 0 Å². The van der Waals surface area contributed by atoms with E-state index in [9.17, 15) is 29.1 Å². The lowest BCUT2D eigenvalue weighted by molar-refractivity contribution is -0.282. The minimum atomic E-state index is -1.67. The molecule has 1 aliphatic rings. The van der Waals surface area contributed by atoms with Crippen molar-refractivity contribution in [1.29, 1.82) is 0 Å². The number of hydrogen-bond acceptors (Lipinski definition) is 13. The van der Waals surface area contributed by atoms with Crippen LogP contribution in [-0.2, 0) is 54.2 Å². The zero-order chi connectivity index (χ0) is 28.4. The van der Waals surface area contributed by atoms with Gasteiger partial charge in [0.2, 0.25) is 12.4 Å². The third kappa shape index (κ3) is 8.13. The van der Waals surface area contributed by atoms with Crippen LogP contribution >= 0.6 is 0 Å². The van der Waals surface area contributed by atoms with E-state index in [0.717, 1.165) is 27.9 Å². The van der Waals surface area contributed by atoms with Crippen LogP contribution < -0.4 is 10.1 Å². The second-order valence-corrected chi connectivity index (χ2v) is 8.03. The monoisotopic (exact) mass is 541 g/mol. The summed E-state index contributed by atoms with van der Waals surface area (Å²) in [6.07, 6.45) is -7.99. The topological polar surface area (TPSA) is 182 Å². The van der Waals surface area contributed by atoms with Gasteiger partial charge in [0.1, 0.15) is 5.75 Å². The van der Waals surface area contributed by atoms with Crippen molar-refractivity contribution >= 4 is 29.8 Å². The molecule has 2 N–H and O–H groups in total. The molecule has 0 spiro atoms. The summed E-state index contributed by atoms with van der Waals surface area (Å²) >= 11 is 0. The number of ether oxygens (including phenoxy) is 7. The third-order valence-corrected chi connectivity index (χ3v) is 5.14. The van der Waals surface area contributed by atoms with E-state index < -0.39 is 60.5 Å². The number of carbonyl (C=O) groups is 5. The fraction of sp³-hybridized carbons (Fsp3) is 0.542. The summed E-state index contributed by atoms with van der Waals surface area (Å²) in [6.45, 7) is 3.20. The highest BCUT2D eigenvalue weighted by Crippen LogP contribution is 2.32. The summed E-state index contributed by atoms with van der Waals surface area (Å²) in [4.78, 5) is 61.1. The van der Waals surface area contributed by atoms with Crippen molar-refractivity contribution in [2.75, 3.05) is 27.4 Å². The zero-order valence-corrected chi connectivity index (χ0v) is 21.6. The van der Waals surface area contributed by atoms with Crippen LogP contribution in [0.1, 0.15) is 36.7 Å². The molecule has 0 aromatic heterocycles. The molecule has 1 heterocycles. The van der Waals surface area contributed by atoms with Crippen molar-refractivity contribution in [2.45, 2.75) is 58.1 Å². The van der Waals surface area contributed by atoms with Gasteiger partial charge in [0, 0.05) is 34.4 Å². The normalized spacial score (nSPS) is 22.5. The van der Waals surface area contributed by atoms with Crippen LogP contribution in [0.25, 0.3) is 0 Å². The first-order valence-electron chi connectivity index (χ1n) is 11.4. The van der Waals surface area contributed by atoms with E-state index in [1.165, 1.54) is 25.3 Å². The van der Waals surface area contributed by atoms with Gasteiger partial charge in [-0.05, 0) is 17.7 Å². The number of esters is 4. The fourth-order valence-corrected chi connectivity index (χ4v) is 3.62. The Morgan fingerprint density at radius 1 is 0.921 bits per heavy atom. The van der Waals surface area contributed by atoms with E-state index in [1.807, 2.05) is 0 Å². The summed E-state index contributed by atoms with van der Waals surface area (Å²) in [7, 11) is 2.52. The highest BCUT2D eigenvalue weighted by Gasteiger charge is 2.56. The second kappa shape index (κ2) is 14.3. The molecule has 1 aromatic carbocycles. The quantitative estimate of drug-likeness (QED) is 0.210. The summed E-state index contributed by atoms with van der Waals surface area (Å²) in [5.41, 5.74) is 0.356. The van der Waals surface area contributed by atoms with E-state index in [1.54, 1.807) is 0 Å². The van der Waals surface area contributed by atoms with Gasteiger partial charge in [-0.2, -0.15) is 0 Å².